The number of likely N-dealkylation sites (tertiary alicyclic amines) is 1. The van der Waals surface area contributed by atoms with Gasteiger partial charge in [-0.05, 0) is 19.3 Å². The van der Waals surface area contributed by atoms with E-state index in [1.807, 2.05) is 4.90 Å². The minimum Gasteiger partial charge on any atom is -0.381 e. The number of ether oxygens (including phenoxy) is 2. The molecule has 2 heterocycles. The molecular formula is C13H20FNO3. The van der Waals surface area contributed by atoms with Crippen LogP contribution in [0.15, 0.2) is 0 Å². The Balaban J connectivity index is 1.51. The van der Waals surface area contributed by atoms with Crippen LogP contribution in [0, 0.1) is 5.92 Å². The number of carbonyl (C=O) groups is 1. The molecule has 3 rings (SSSR count). The number of hydrogen-bond donors (Lipinski definition) is 0. The summed E-state index contributed by atoms with van der Waals surface area (Å²) in [4.78, 5) is 13.8. The number of carbonyl (C=O) groups excluding carboxylic acids is 1. The van der Waals surface area contributed by atoms with Crippen molar-refractivity contribution in [1.82, 2.24) is 4.90 Å². The number of alkyl halides is 1. The Hall–Kier alpha value is -0.680. The summed E-state index contributed by atoms with van der Waals surface area (Å²) in [6.45, 7) is 2.01. The molecule has 2 aliphatic heterocycles. The van der Waals surface area contributed by atoms with Crippen molar-refractivity contribution in [2.45, 2.75) is 43.6 Å². The van der Waals surface area contributed by atoms with Crippen LogP contribution in [0.4, 0.5) is 4.39 Å². The fraction of sp³-hybridized carbons (Fsp3) is 0.923. The van der Waals surface area contributed by atoms with Gasteiger partial charge in [0.15, 0.2) is 0 Å². The van der Waals surface area contributed by atoms with Gasteiger partial charge in [-0.3, -0.25) is 4.79 Å². The first-order valence-corrected chi connectivity index (χ1v) is 6.71. The highest BCUT2D eigenvalue weighted by molar-refractivity contribution is 5.81. The van der Waals surface area contributed by atoms with Crippen LogP contribution < -0.4 is 0 Å². The van der Waals surface area contributed by atoms with E-state index in [0.717, 1.165) is 12.8 Å². The van der Waals surface area contributed by atoms with E-state index in [2.05, 4.69) is 0 Å². The van der Waals surface area contributed by atoms with Crippen molar-refractivity contribution in [3.05, 3.63) is 0 Å². The number of halogens is 1. The lowest BCUT2D eigenvalue weighted by atomic mass is 9.79. The molecule has 1 unspecified atom stereocenters. The normalized spacial score (nSPS) is 38.1. The first kappa shape index (κ1) is 12.4. The fourth-order valence-electron chi connectivity index (χ4n) is 3.22. The molecule has 18 heavy (non-hydrogen) atoms. The maximum Gasteiger partial charge on any atom is 0.226 e. The zero-order valence-electron chi connectivity index (χ0n) is 10.7. The van der Waals surface area contributed by atoms with Crippen molar-refractivity contribution in [3.8, 4) is 0 Å². The third-order valence-corrected chi connectivity index (χ3v) is 4.48. The molecule has 0 aromatic rings. The number of nitrogens with zero attached hydrogens (tertiary/aromatic N) is 1. The zero-order valence-corrected chi connectivity index (χ0v) is 10.7. The molecule has 0 aromatic carbocycles. The molecular weight excluding hydrogens is 237 g/mol. The van der Waals surface area contributed by atoms with Crippen LogP contribution in [0.1, 0.15) is 25.7 Å². The molecule has 4 nitrogen and oxygen atoms in total. The van der Waals surface area contributed by atoms with Crippen LogP contribution in [-0.2, 0) is 14.3 Å². The molecule has 1 atom stereocenters. The Morgan fingerprint density at radius 3 is 2.78 bits per heavy atom. The second-order valence-corrected chi connectivity index (χ2v) is 5.84. The van der Waals surface area contributed by atoms with Gasteiger partial charge in [-0.2, -0.15) is 0 Å². The quantitative estimate of drug-likeness (QED) is 0.744. The summed E-state index contributed by atoms with van der Waals surface area (Å²) in [6, 6.07) is 0. The van der Waals surface area contributed by atoms with Crippen LogP contribution >= 0.6 is 0 Å². The summed E-state index contributed by atoms with van der Waals surface area (Å²) in [5.41, 5.74) is -0.187. The Kier molecular flexibility index (Phi) is 3.06. The lowest BCUT2D eigenvalue weighted by Crippen LogP contribution is -2.68. The van der Waals surface area contributed by atoms with E-state index in [4.69, 9.17) is 9.47 Å². The number of hydrogen-bond acceptors (Lipinski definition) is 3. The summed E-state index contributed by atoms with van der Waals surface area (Å²) >= 11 is 0. The third-order valence-electron chi connectivity index (χ3n) is 4.48. The first-order valence-electron chi connectivity index (χ1n) is 6.71. The smallest absolute Gasteiger partial charge is 0.226 e. The zero-order chi connectivity index (χ0) is 12.8. The molecule has 0 N–H and O–H groups in total. The van der Waals surface area contributed by atoms with E-state index in [1.165, 1.54) is 0 Å². The van der Waals surface area contributed by atoms with Crippen LogP contribution in [0.25, 0.3) is 0 Å². The molecule has 5 heteroatoms. The highest BCUT2D eigenvalue weighted by Crippen LogP contribution is 2.39. The van der Waals surface area contributed by atoms with Crippen molar-refractivity contribution in [2.75, 3.05) is 26.8 Å². The van der Waals surface area contributed by atoms with Gasteiger partial charge in [-0.1, -0.05) is 0 Å². The SMILES string of the molecule is COC1CCOC2(C1)CN(C(=O)C1CC(F)C1)C2. The van der Waals surface area contributed by atoms with Crippen LogP contribution in [0.3, 0.4) is 0 Å². The minimum absolute atomic E-state index is 0.0841. The Morgan fingerprint density at radius 1 is 1.44 bits per heavy atom. The van der Waals surface area contributed by atoms with Gasteiger partial charge in [0.25, 0.3) is 0 Å². The molecule has 0 bridgehead atoms. The van der Waals surface area contributed by atoms with Crippen LogP contribution in [-0.4, -0.2) is 55.5 Å². The Morgan fingerprint density at radius 2 is 2.17 bits per heavy atom. The molecule has 3 aliphatic rings. The van der Waals surface area contributed by atoms with E-state index in [9.17, 15) is 9.18 Å². The summed E-state index contributed by atoms with van der Waals surface area (Å²) in [6.07, 6.45) is 2.09. The van der Waals surface area contributed by atoms with Gasteiger partial charge in [-0.15, -0.1) is 0 Å². The van der Waals surface area contributed by atoms with Gasteiger partial charge < -0.3 is 14.4 Å². The maximum absolute atomic E-state index is 12.7. The molecule has 3 fully saturated rings. The van der Waals surface area contributed by atoms with Gasteiger partial charge in [0.1, 0.15) is 11.8 Å². The lowest BCUT2D eigenvalue weighted by Gasteiger charge is -2.54. The molecule has 1 spiro atoms. The Bertz CT molecular complexity index is 337. The molecule has 1 amide bonds. The molecule has 1 saturated carbocycles. The van der Waals surface area contributed by atoms with Gasteiger partial charge in [0, 0.05) is 26.1 Å². The first-order chi connectivity index (χ1) is 8.62. The van der Waals surface area contributed by atoms with Gasteiger partial charge in [-0.25, -0.2) is 4.39 Å². The van der Waals surface area contributed by atoms with Gasteiger partial charge >= 0.3 is 0 Å². The van der Waals surface area contributed by atoms with Crippen molar-refractivity contribution in [2.24, 2.45) is 5.92 Å². The third kappa shape index (κ3) is 2.03. The summed E-state index contributed by atoms with van der Waals surface area (Å²) in [7, 11) is 1.72. The predicted molar refractivity (Wildman–Crippen MR) is 62.9 cm³/mol. The summed E-state index contributed by atoms with van der Waals surface area (Å²) in [5.74, 6) is 0.0248. The van der Waals surface area contributed by atoms with E-state index in [-0.39, 0.29) is 23.5 Å². The van der Waals surface area contributed by atoms with Crippen molar-refractivity contribution in [1.29, 1.82) is 0 Å². The van der Waals surface area contributed by atoms with Crippen molar-refractivity contribution in [3.63, 3.8) is 0 Å². The molecule has 2 saturated heterocycles. The van der Waals surface area contributed by atoms with E-state index >= 15 is 0 Å². The van der Waals surface area contributed by atoms with E-state index in [1.54, 1.807) is 7.11 Å². The summed E-state index contributed by atoms with van der Waals surface area (Å²) in [5, 5.41) is 0. The van der Waals surface area contributed by atoms with Crippen molar-refractivity contribution >= 4 is 5.91 Å². The molecule has 0 radical (unpaired) electrons. The van der Waals surface area contributed by atoms with E-state index in [0.29, 0.717) is 32.5 Å². The van der Waals surface area contributed by atoms with Crippen molar-refractivity contribution < 1.29 is 18.7 Å². The molecule has 0 aromatic heterocycles. The highest BCUT2D eigenvalue weighted by Gasteiger charge is 2.51. The number of rotatable bonds is 2. The Labute approximate surface area is 106 Å². The predicted octanol–water partition coefficient (Wildman–Crippen LogP) is 1.14. The molecule has 1 aliphatic carbocycles. The molecule has 102 valence electrons. The average Bonchev–Trinajstić information content (AvgIpc) is 2.31. The average molecular weight is 257 g/mol. The summed E-state index contributed by atoms with van der Waals surface area (Å²) < 4.78 is 23.9. The number of amides is 1. The minimum atomic E-state index is -0.766. The number of methoxy groups -OCH3 is 1. The second kappa shape index (κ2) is 4.46. The highest BCUT2D eigenvalue weighted by atomic mass is 19.1. The van der Waals surface area contributed by atoms with Crippen LogP contribution in [0.2, 0.25) is 0 Å². The maximum atomic E-state index is 12.7. The second-order valence-electron chi connectivity index (χ2n) is 5.84. The standard InChI is InChI=1S/C13H20FNO3/c1-17-11-2-3-18-13(6-11)7-15(8-13)12(16)9-4-10(14)5-9/h9-11H,2-8H2,1H3. The van der Waals surface area contributed by atoms with Crippen LogP contribution in [0.5, 0.6) is 0 Å². The monoisotopic (exact) mass is 257 g/mol. The van der Waals surface area contributed by atoms with Gasteiger partial charge in [0.05, 0.1) is 19.2 Å². The topological polar surface area (TPSA) is 38.8 Å². The fourth-order valence-corrected chi connectivity index (χ4v) is 3.22. The lowest BCUT2D eigenvalue weighted by molar-refractivity contribution is -0.202. The van der Waals surface area contributed by atoms with E-state index < -0.39 is 6.17 Å². The van der Waals surface area contributed by atoms with Gasteiger partial charge in [0.2, 0.25) is 5.91 Å². The largest absolute Gasteiger partial charge is 0.381 e.